The molecule has 0 spiro atoms. The Morgan fingerprint density at radius 3 is 2.44 bits per heavy atom. The summed E-state index contributed by atoms with van der Waals surface area (Å²) in [6.45, 7) is 0. The van der Waals surface area contributed by atoms with E-state index in [1.807, 2.05) is 25.0 Å². The Hall–Kier alpha value is -2.29. The van der Waals surface area contributed by atoms with Crippen LogP contribution in [0.4, 0.5) is 5.69 Å². The second-order valence-corrected chi connectivity index (χ2v) is 4.39. The average Bonchev–Trinajstić information content (AvgIpc) is 2.80. The van der Waals surface area contributed by atoms with Crippen molar-refractivity contribution in [2.24, 2.45) is 7.05 Å². The predicted octanol–water partition coefficient (Wildman–Crippen LogP) is 3.28. The number of aromatic nitrogens is 2. The highest BCUT2D eigenvalue weighted by atomic mass is 15.0. The number of nitrogens with one attached hydrogen (secondary N) is 1. The van der Waals surface area contributed by atoms with E-state index in [4.69, 9.17) is 0 Å². The normalized spacial score (nSPS) is 10.8. The van der Waals surface area contributed by atoms with Gasteiger partial charge in [-0.05, 0) is 35.4 Å². The third-order valence-corrected chi connectivity index (χ3v) is 3.23. The number of hydrogen-bond donors (Lipinski definition) is 1. The van der Waals surface area contributed by atoms with Crippen LogP contribution in [0.25, 0.3) is 22.2 Å². The molecule has 1 aromatic heterocycles. The zero-order valence-corrected chi connectivity index (χ0v) is 10.5. The highest BCUT2D eigenvalue weighted by molar-refractivity contribution is 5.82. The van der Waals surface area contributed by atoms with Crippen molar-refractivity contribution in [3.8, 4) is 11.1 Å². The molecule has 0 atom stereocenters. The molecule has 0 amide bonds. The molecule has 3 rings (SSSR count). The number of hydrogen-bond acceptors (Lipinski definition) is 2. The Labute approximate surface area is 106 Å². The number of nitrogens with zero attached hydrogens (tertiary/aromatic N) is 2. The fraction of sp³-hybridized carbons (Fsp3) is 0.133. The van der Waals surface area contributed by atoms with Crippen LogP contribution in [0.5, 0.6) is 0 Å². The van der Waals surface area contributed by atoms with E-state index in [-0.39, 0.29) is 0 Å². The van der Waals surface area contributed by atoms with Gasteiger partial charge in [-0.15, -0.1) is 0 Å². The molecule has 3 heteroatoms. The van der Waals surface area contributed by atoms with E-state index in [2.05, 4.69) is 52.8 Å². The first kappa shape index (κ1) is 10.8. The van der Waals surface area contributed by atoms with Gasteiger partial charge in [0.2, 0.25) is 0 Å². The van der Waals surface area contributed by atoms with E-state index in [0.717, 1.165) is 16.7 Å². The van der Waals surface area contributed by atoms with Crippen LogP contribution in [0, 0.1) is 0 Å². The van der Waals surface area contributed by atoms with Crippen molar-refractivity contribution < 1.29 is 0 Å². The molecule has 0 saturated carbocycles. The molecule has 0 aliphatic carbocycles. The molecule has 0 saturated heterocycles. The molecule has 0 aliphatic rings. The minimum Gasteiger partial charge on any atom is -0.388 e. The molecule has 3 aromatic rings. The molecule has 0 bridgehead atoms. The van der Waals surface area contributed by atoms with Crippen molar-refractivity contribution in [3.05, 3.63) is 48.8 Å². The first-order chi connectivity index (χ1) is 8.78. The quantitative estimate of drug-likeness (QED) is 0.741. The number of anilines is 1. The van der Waals surface area contributed by atoms with Crippen LogP contribution in [0.2, 0.25) is 0 Å². The molecule has 0 aliphatic heterocycles. The Bertz CT molecular complexity index is 681. The molecular formula is C15H15N3. The maximum atomic E-state index is 4.39. The van der Waals surface area contributed by atoms with E-state index in [1.165, 1.54) is 11.1 Å². The van der Waals surface area contributed by atoms with Gasteiger partial charge in [0.15, 0.2) is 0 Å². The van der Waals surface area contributed by atoms with Crippen molar-refractivity contribution in [2.75, 3.05) is 12.4 Å². The van der Waals surface area contributed by atoms with Crippen LogP contribution < -0.4 is 5.32 Å². The standard InChI is InChI=1S/C15H15N3/c1-16-13-6-3-11(4-7-13)12-5-8-15-14(9-12)17-10-18(15)2/h3-10,16H,1-2H3. The summed E-state index contributed by atoms with van der Waals surface area (Å²) in [6, 6.07) is 14.8. The largest absolute Gasteiger partial charge is 0.388 e. The lowest BCUT2D eigenvalue weighted by atomic mass is 10.0. The summed E-state index contributed by atoms with van der Waals surface area (Å²) in [6.07, 6.45) is 1.85. The summed E-state index contributed by atoms with van der Waals surface area (Å²) in [5.41, 5.74) is 5.72. The molecule has 1 heterocycles. The topological polar surface area (TPSA) is 29.9 Å². The predicted molar refractivity (Wildman–Crippen MR) is 75.7 cm³/mol. The van der Waals surface area contributed by atoms with Gasteiger partial charge in [-0.25, -0.2) is 4.98 Å². The third-order valence-electron chi connectivity index (χ3n) is 3.23. The number of rotatable bonds is 2. The van der Waals surface area contributed by atoms with Gasteiger partial charge in [0.05, 0.1) is 17.4 Å². The SMILES string of the molecule is CNc1ccc(-c2ccc3c(c2)ncn3C)cc1. The van der Waals surface area contributed by atoms with Gasteiger partial charge in [-0.1, -0.05) is 18.2 Å². The van der Waals surface area contributed by atoms with Gasteiger partial charge in [0.1, 0.15) is 0 Å². The van der Waals surface area contributed by atoms with Gasteiger partial charge in [0.25, 0.3) is 0 Å². The highest BCUT2D eigenvalue weighted by Gasteiger charge is 2.03. The number of aryl methyl sites for hydroxylation is 1. The Balaban J connectivity index is 2.07. The second-order valence-electron chi connectivity index (χ2n) is 4.39. The van der Waals surface area contributed by atoms with Gasteiger partial charge >= 0.3 is 0 Å². The zero-order valence-electron chi connectivity index (χ0n) is 10.5. The molecule has 0 radical (unpaired) electrons. The monoisotopic (exact) mass is 237 g/mol. The Morgan fingerprint density at radius 1 is 1.00 bits per heavy atom. The summed E-state index contributed by atoms with van der Waals surface area (Å²) in [5, 5.41) is 3.12. The summed E-state index contributed by atoms with van der Waals surface area (Å²) in [4.78, 5) is 4.39. The minimum atomic E-state index is 1.03. The van der Waals surface area contributed by atoms with Crippen molar-refractivity contribution in [2.45, 2.75) is 0 Å². The number of imidazole rings is 1. The van der Waals surface area contributed by atoms with E-state index < -0.39 is 0 Å². The van der Waals surface area contributed by atoms with Gasteiger partial charge in [-0.3, -0.25) is 0 Å². The molecule has 0 unspecified atom stereocenters. The third kappa shape index (κ3) is 1.74. The maximum absolute atomic E-state index is 4.39. The second kappa shape index (κ2) is 4.18. The summed E-state index contributed by atoms with van der Waals surface area (Å²) in [7, 11) is 3.94. The van der Waals surface area contributed by atoms with Crippen LogP contribution in [-0.2, 0) is 7.05 Å². The number of fused-ring (bicyclic) bond motifs is 1. The molecule has 0 fully saturated rings. The zero-order chi connectivity index (χ0) is 12.5. The fourth-order valence-corrected chi connectivity index (χ4v) is 2.15. The summed E-state index contributed by atoms with van der Waals surface area (Å²) >= 11 is 0. The average molecular weight is 237 g/mol. The van der Waals surface area contributed by atoms with Crippen molar-refractivity contribution >= 4 is 16.7 Å². The van der Waals surface area contributed by atoms with Crippen LogP contribution >= 0.6 is 0 Å². The maximum Gasteiger partial charge on any atom is 0.0955 e. The minimum absolute atomic E-state index is 1.03. The van der Waals surface area contributed by atoms with Crippen LogP contribution in [0.3, 0.4) is 0 Å². The molecule has 18 heavy (non-hydrogen) atoms. The van der Waals surface area contributed by atoms with Crippen LogP contribution in [0.15, 0.2) is 48.8 Å². The smallest absolute Gasteiger partial charge is 0.0955 e. The first-order valence-electron chi connectivity index (χ1n) is 5.97. The Morgan fingerprint density at radius 2 is 1.72 bits per heavy atom. The van der Waals surface area contributed by atoms with E-state index in [0.29, 0.717) is 0 Å². The molecular weight excluding hydrogens is 222 g/mol. The van der Waals surface area contributed by atoms with Crippen molar-refractivity contribution in [3.63, 3.8) is 0 Å². The lowest BCUT2D eigenvalue weighted by molar-refractivity contribution is 0.948. The highest BCUT2D eigenvalue weighted by Crippen LogP contribution is 2.24. The van der Waals surface area contributed by atoms with Gasteiger partial charge in [-0.2, -0.15) is 0 Å². The van der Waals surface area contributed by atoms with Crippen molar-refractivity contribution in [1.29, 1.82) is 0 Å². The van der Waals surface area contributed by atoms with E-state index in [1.54, 1.807) is 0 Å². The first-order valence-corrected chi connectivity index (χ1v) is 5.97. The van der Waals surface area contributed by atoms with Crippen LogP contribution in [0.1, 0.15) is 0 Å². The molecule has 2 aromatic carbocycles. The summed E-state index contributed by atoms with van der Waals surface area (Å²) in [5.74, 6) is 0. The van der Waals surface area contributed by atoms with E-state index >= 15 is 0 Å². The Kier molecular flexibility index (Phi) is 2.52. The van der Waals surface area contributed by atoms with E-state index in [9.17, 15) is 0 Å². The fourth-order valence-electron chi connectivity index (χ4n) is 2.15. The molecule has 1 N–H and O–H groups in total. The molecule has 90 valence electrons. The summed E-state index contributed by atoms with van der Waals surface area (Å²) < 4.78 is 2.03. The van der Waals surface area contributed by atoms with Gasteiger partial charge < -0.3 is 9.88 Å². The van der Waals surface area contributed by atoms with Gasteiger partial charge in [0, 0.05) is 19.8 Å². The lowest BCUT2D eigenvalue weighted by Crippen LogP contribution is -1.87. The number of benzene rings is 2. The van der Waals surface area contributed by atoms with Crippen LogP contribution in [-0.4, -0.2) is 16.6 Å². The lowest BCUT2D eigenvalue weighted by Gasteiger charge is -2.04. The van der Waals surface area contributed by atoms with Crippen molar-refractivity contribution in [1.82, 2.24) is 9.55 Å². The molecule has 3 nitrogen and oxygen atoms in total.